The van der Waals surface area contributed by atoms with E-state index < -0.39 is 6.10 Å². The van der Waals surface area contributed by atoms with Gasteiger partial charge >= 0.3 is 5.63 Å². The Bertz CT molecular complexity index is 1030. The molecule has 1 atom stereocenters. The molecule has 1 amide bonds. The highest BCUT2D eigenvalue weighted by Crippen LogP contribution is 2.29. The molecule has 28 heavy (non-hydrogen) atoms. The van der Waals surface area contributed by atoms with Gasteiger partial charge in [-0.15, -0.1) is 0 Å². The van der Waals surface area contributed by atoms with Crippen molar-refractivity contribution >= 4 is 16.9 Å². The third-order valence-electron chi connectivity index (χ3n) is 4.61. The topological polar surface area (TPSA) is 81.4 Å². The fourth-order valence-corrected chi connectivity index (χ4v) is 3.09. The molecule has 0 unspecified atom stereocenters. The molecular weight excluding hydrogens is 356 g/mol. The van der Waals surface area contributed by atoms with Crippen molar-refractivity contribution in [2.45, 2.75) is 46.3 Å². The summed E-state index contributed by atoms with van der Waals surface area (Å²) in [6.07, 6.45) is 4.41. The van der Waals surface area contributed by atoms with Crippen LogP contribution in [0.3, 0.4) is 0 Å². The van der Waals surface area contributed by atoms with Crippen LogP contribution in [0.2, 0.25) is 0 Å². The summed E-state index contributed by atoms with van der Waals surface area (Å²) < 4.78 is 11.3. The van der Waals surface area contributed by atoms with Crippen LogP contribution in [0.5, 0.6) is 5.75 Å². The molecule has 6 nitrogen and oxygen atoms in total. The molecule has 3 rings (SSSR count). The predicted octanol–water partition coefficient (Wildman–Crippen LogP) is 3.53. The molecule has 0 saturated carbocycles. The number of ether oxygens (including phenoxy) is 1. The molecule has 0 spiro atoms. The first kappa shape index (κ1) is 19.6. The first-order valence-electron chi connectivity index (χ1n) is 9.39. The Labute approximate surface area is 163 Å². The van der Waals surface area contributed by atoms with Gasteiger partial charge < -0.3 is 14.5 Å². The Morgan fingerprint density at radius 2 is 2.00 bits per heavy atom. The number of aromatic nitrogens is 1. The van der Waals surface area contributed by atoms with E-state index in [1.807, 2.05) is 31.2 Å². The molecule has 2 heterocycles. The maximum atomic E-state index is 12.4. The SMILES string of the molecule is CCCc1cc(=O)oc2c(C)c(O[C@@H](C)C(=O)NCc3ccncc3)ccc12. The summed E-state index contributed by atoms with van der Waals surface area (Å²) >= 11 is 0. The van der Waals surface area contributed by atoms with Crippen LogP contribution in [0.25, 0.3) is 11.0 Å². The number of carbonyl (C=O) groups is 1. The number of benzene rings is 1. The first-order chi connectivity index (χ1) is 13.5. The predicted molar refractivity (Wildman–Crippen MR) is 107 cm³/mol. The Hall–Kier alpha value is -3.15. The number of nitrogens with one attached hydrogen (secondary N) is 1. The van der Waals surface area contributed by atoms with Crippen LogP contribution in [0, 0.1) is 6.92 Å². The lowest BCUT2D eigenvalue weighted by molar-refractivity contribution is -0.127. The Morgan fingerprint density at radius 1 is 1.25 bits per heavy atom. The van der Waals surface area contributed by atoms with Crippen LogP contribution < -0.4 is 15.7 Å². The van der Waals surface area contributed by atoms with Gasteiger partial charge in [-0.2, -0.15) is 0 Å². The molecular formula is C22H24N2O4. The van der Waals surface area contributed by atoms with Gasteiger partial charge in [-0.05, 0) is 55.7 Å². The van der Waals surface area contributed by atoms with Crippen molar-refractivity contribution in [2.75, 3.05) is 0 Å². The van der Waals surface area contributed by atoms with Crippen molar-refractivity contribution in [3.8, 4) is 5.75 Å². The standard InChI is InChI=1S/C22H24N2O4/c1-4-5-17-12-20(25)28-21-14(2)19(7-6-18(17)21)27-15(3)22(26)24-13-16-8-10-23-11-9-16/h6-12,15H,4-5,13H2,1-3H3,(H,24,26)/t15-/m0/s1. The number of fused-ring (bicyclic) bond motifs is 1. The fraction of sp³-hybridized carbons (Fsp3) is 0.318. The molecule has 0 bridgehead atoms. The lowest BCUT2D eigenvalue weighted by atomic mass is 10.0. The zero-order chi connectivity index (χ0) is 20.1. The molecule has 1 aromatic carbocycles. The molecule has 1 N–H and O–H groups in total. The second-order valence-corrected chi connectivity index (χ2v) is 6.74. The van der Waals surface area contributed by atoms with Gasteiger partial charge in [0, 0.05) is 36.0 Å². The van der Waals surface area contributed by atoms with E-state index in [0.29, 0.717) is 23.4 Å². The lowest BCUT2D eigenvalue weighted by Gasteiger charge is -2.17. The van der Waals surface area contributed by atoms with Crippen molar-refractivity contribution in [2.24, 2.45) is 0 Å². The summed E-state index contributed by atoms with van der Waals surface area (Å²) in [5.41, 5.74) is 2.77. The number of nitrogens with zero attached hydrogens (tertiary/aromatic N) is 1. The number of rotatable bonds is 7. The highest BCUT2D eigenvalue weighted by Gasteiger charge is 2.18. The molecule has 0 saturated heterocycles. The van der Waals surface area contributed by atoms with Crippen molar-refractivity contribution in [3.05, 3.63) is 69.8 Å². The van der Waals surface area contributed by atoms with Gasteiger partial charge in [-0.3, -0.25) is 9.78 Å². The maximum Gasteiger partial charge on any atom is 0.336 e. The average Bonchev–Trinajstić information content (AvgIpc) is 2.69. The lowest BCUT2D eigenvalue weighted by Crippen LogP contribution is -2.36. The summed E-state index contributed by atoms with van der Waals surface area (Å²) in [5, 5.41) is 3.75. The van der Waals surface area contributed by atoms with Gasteiger partial charge in [0.25, 0.3) is 5.91 Å². The van der Waals surface area contributed by atoms with Gasteiger partial charge in [0.05, 0.1) is 0 Å². The molecule has 2 aromatic heterocycles. The van der Waals surface area contributed by atoms with E-state index in [0.717, 1.165) is 29.4 Å². The van der Waals surface area contributed by atoms with E-state index in [1.54, 1.807) is 25.4 Å². The highest BCUT2D eigenvalue weighted by atomic mass is 16.5. The third kappa shape index (κ3) is 4.39. The summed E-state index contributed by atoms with van der Waals surface area (Å²) in [4.78, 5) is 28.2. The van der Waals surface area contributed by atoms with Crippen molar-refractivity contribution < 1.29 is 13.9 Å². The van der Waals surface area contributed by atoms with Crippen LogP contribution in [0.4, 0.5) is 0 Å². The van der Waals surface area contributed by atoms with Gasteiger partial charge in [-0.25, -0.2) is 4.79 Å². The number of amides is 1. The second kappa shape index (κ2) is 8.69. The minimum atomic E-state index is -0.691. The minimum Gasteiger partial charge on any atom is -0.480 e. The Kier molecular flexibility index (Phi) is 6.09. The molecule has 0 fully saturated rings. The zero-order valence-corrected chi connectivity index (χ0v) is 16.3. The largest absolute Gasteiger partial charge is 0.480 e. The van der Waals surface area contributed by atoms with Crippen LogP contribution >= 0.6 is 0 Å². The minimum absolute atomic E-state index is 0.225. The molecule has 6 heteroatoms. The number of pyridine rings is 1. The molecule has 3 aromatic rings. The molecule has 0 aliphatic carbocycles. The van der Waals surface area contributed by atoms with E-state index in [2.05, 4.69) is 17.2 Å². The third-order valence-corrected chi connectivity index (χ3v) is 4.61. The first-order valence-corrected chi connectivity index (χ1v) is 9.39. The average molecular weight is 380 g/mol. The van der Waals surface area contributed by atoms with E-state index in [-0.39, 0.29) is 11.5 Å². The summed E-state index contributed by atoms with van der Waals surface area (Å²) in [6.45, 7) is 5.99. The maximum absolute atomic E-state index is 12.4. The molecule has 146 valence electrons. The smallest absolute Gasteiger partial charge is 0.336 e. The van der Waals surface area contributed by atoms with Crippen LogP contribution in [0.15, 0.2) is 51.9 Å². The van der Waals surface area contributed by atoms with Gasteiger partial charge in [0.1, 0.15) is 11.3 Å². The van der Waals surface area contributed by atoms with Crippen molar-refractivity contribution in [1.82, 2.24) is 10.3 Å². The van der Waals surface area contributed by atoms with Crippen LogP contribution in [-0.2, 0) is 17.8 Å². The van der Waals surface area contributed by atoms with Crippen molar-refractivity contribution in [1.29, 1.82) is 0 Å². The number of hydrogen-bond acceptors (Lipinski definition) is 5. The summed E-state index contributed by atoms with van der Waals surface area (Å²) in [6, 6.07) is 8.93. The van der Waals surface area contributed by atoms with Gasteiger partial charge in [0.2, 0.25) is 0 Å². The van der Waals surface area contributed by atoms with Crippen molar-refractivity contribution in [3.63, 3.8) is 0 Å². The Balaban J connectivity index is 1.77. The number of hydrogen-bond donors (Lipinski definition) is 1. The van der Waals surface area contributed by atoms with E-state index in [1.165, 1.54) is 0 Å². The summed E-state index contributed by atoms with van der Waals surface area (Å²) in [7, 11) is 0. The molecule has 0 aliphatic heterocycles. The highest BCUT2D eigenvalue weighted by molar-refractivity contribution is 5.85. The molecule has 0 radical (unpaired) electrons. The molecule has 0 aliphatic rings. The zero-order valence-electron chi connectivity index (χ0n) is 16.3. The van der Waals surface area contributed by atoms with E-state index >= 15 is 0 Å². The van der Waals surface area contributed by atoms with Gasteiger partial charge in [-0.1, -0.05) is 13.3 Å². The van der Waals surface area contributed by atoms with Crippen LogP contribution in [0.1, 0.15) is 37.0 Å². The monoisotopic (exact) mass is 380 g/mol. The Morgan fingerprint density at radius 3 is 2.71 bits per heavy atom. The number of carbonyl (C=O) groups excluding carboxylic acids is 1. The fourth-order valence-electron chi connectivity index (χ4n) is 3.09. The van der Waals surface area contributed by atoms with E-state index in [9.17, 15) is 9.59 Å². The van der Waals surface area contributed by atoms with Gasteiger partial charge in [0.15, 0.2) is 6.10 Å². The summed E-state index contributed by atoms with van der Waals surface area (Å²) in [5.74, 6) is 0.299. The normalized spacial score (nSPS) is 12.0. The quantitative estimate of drug-likeness (QED) is 0.634. The van der Waals surface area contributed by atoms with E-state index in [4.69, 9.17) is 9.15 Å². The second-order valence-electron chi connectivity index (χ2n) is 6.74. The van der Waals surface area contributed by atoms with Crippen LogP contribution in [-0.4, -0.2) is 17.0 Å². The number of aryl methyl sites for hydroxylation is 2.